The molecular weight excluding hydrogens is 353 g/mol. The van der Waals surface area contributed by atoms with E-state index in [4.69, 9.17) is 4.74 Å². The minimum Gasteiger partial charge on any atom is -0.467 e. The number of aromatic nitrogens is 2. The molecule has 26 heavy (non-hydrogen) atoms. The summed E-state index contributed by atoms with van der Waals surface area (Å²) in [5, 5.41) is 5.50. The Kier molecular flexibility index (Phi) is 5.78. The maximum atomic E-state index is 13.2. The molecule has 1 N–H and O–H groups in total. The van der Waals surface area contributed by atoms with Crippen LogP contribution in [0.3, 0.4) is 0 Å². The lowest BCUT2D eigenvalue weighted by Gasteiger charge is -2.09. The molecule has 1 aromatic carbocycles. The molecule has 0 spiro atoms. The number of hydrogen-bond acceptors (Lipinski definition) is 5. The van der Waals surface area contributed by atoms with Gasteiger partial charge in [0.05, 0.1) is 5.39 Å². The van der Waals surface area contributed by atoms with Crippen molar-refractivity contribution in [2.24, 2.45) is 5.92 Å². The van der Waals surface area contributed by atoms with Crippen LogP contribution in [-0.2, 0) is 4.79 Å². The van der Waals surface area contributed by atoms with Gasteiger partial charge < -0.3 is 10.1 Å². The molecule has 0 aliphatic rings. The second-order valence-electron chi connectivity index (χ2n) is 6.34. The van der Waals surface area contributed by atoms with E-state index in [1.54, 1.807) is 12.1 Å². The van der Waals surface area contributed by atoms with Gasteiger partial charge in [-0.15, -0.1) is 11.3 Å². The molecule has 2 aromatic heterocycles. The van der Waals surface area contributed by atoms with E-state index in [-0.39, 0.29) is 18.3 Å². The van der Waals surface area contributed by atoms with Crippen molar-refractivity contribution in [3.05, 3.63) is 41.8 Å². The summed E-state index contributed by atoms with van der Waals surface area (Å²) in [6.45, 7) is 4.73. The minimum absolute atomic E-state index is 0.108. The summed E-state index contributed by atoms with van der Waals surface area (Å²) in [6, 6.07) is 6.22. The molecular formula is C19H20FN3O2S. The van der Waals surface area contributed by atoms with Gasteiger partial charge in [0.15, 0.2) is 6.61 Å². The average molecular weight is 373 g/mol. The molecule has 2 heterocycles. The van der Waals surface area contributed by atoms with E-state index in [2.05, 4.69) is 29.1 Å². The molecule has 136 valence electrons. The summed E-state index contributed by atoms with van der Waals surface area (Å²) in [7, 11) is 0. The van der Waals surface area contributed by atoms with E-state index >= 15 is 0 Å². The van der Waals surface area contributed by atoms with Crippen LogP contribution >= 0.6 is 11.3 Å². The molecule has 0 unspecified atom stereocenters. The minimum atomic E-state index is -0.293. The summed E-state index contributed by atoms with van der Waals surface area (Å²) in [6.07, 6.45) is 2.34. The standard InChI is InChI=1S/C19H20FN3O2S/c1-12(2)7-8-21-16(24)9-25-18-17-15(10-26-19(17)23-11-22-18)13-3-5-14(20)6-4-13/h3-6,10-12H,7-9H2,1-2H3,(H,21,24). The van der Waals surface area contributed by atoms with Crippen LogP contribution in [-0.4, -0.2) is 29.0 Å². The quantitative estimate of drug-likeness (QED) is 0.679. The number of hydrogen-bond donors (Lipinski definition) is 1. The number of thiophene rings is 1. The number of rotatable bonds is 7. The predicted octanol–water partition coefficient (Wildman–Crippen LogP) is 4.04. The molecule has 0 saturated carbocycles. The number of benzene rings is 1. The summed E-state index contributed by atoms with van der Waals surface area (Å²) in [5.41, 5.74) is 1.71. The normalized spacial score (nSPS) is 11.1. The summed E-state index contributed by atoms with van der Waals surface area (Å²) >= 11 is 1.45. The summed E-state index contributed by atoms with van der Waals surface area (Å²) in [5.74, 6) is 0.409. The maximum Gasteiger partial charge on any atom is 0.258 e. The SMILES string of the molecule is CC(C)CCNC(=O)COc1ncnc2scc(-c3ccc(F)cc3)c12. The Morgan fingerprint density at radius 3 is 2.77 bits per heavy atom. The molecule has 0 saturated heterocycles. The summed E-state index contributed by atoms with van der Waals surface area (Å²) < 4.78 is 18.8. The number of carbonyl (C=O) groups excluding carboxylic acids is 1. The van der Waals surface area contributed by atoms with E-state index in [1.165, 1.54) is 29.8 Å². The van der Waals surface area contributed by atoms with E-state index in [1.807, 2.05) is 5.38 Å². The summed E-state index contributed by atoms with van der Waals surface area (Å²) in [4.78, 5) is 21.1. The van der Waals surface area contributed by atoms with Crippen molar-refractivity contribution < 1.29 is 13.9 Å². The average Bonchev–Trinajstić information content (AvgIpc) is 3.05. The molecule has 0 atom stereocenters. The van der Waals surface area contributed by atoms with Crippen LogP contribution in [0.4, 0.5) is 4.39 Å². The van der Waals surface area contributed by atoms with E-state index in [0.29, 0.717) is 18.3 Å². The lowest BCUT2D eigenvalue weighted by molar-refractivity contribution is -0.123. The second-order valence-corrected chi connectivity index (χ2v) is 7.19. The Labute approximate surface area is 155 Å². The van der Waals surface area contributed by atoms with Crippen LogP contribution in [0.5, 0.6) is 5.88 Å². The van der Waals surface area contributed by atoms with Crippen LogP contribution in [0.1, 0.15) is 20.3 Å². The number of nitrogens with zero attached hydrogens (tertiary/aromatic N) is 2. The molecule has 5 nitrogen and oxygen atoms in total. The molecule has 0 aliphatic heterocycles. The first-order valence-corrected chi connectivity index (χ1v) is 9.30. The van der Waals surface area contributed by atoms with Crippen molar-refractivity contribution in [1.82, 2.24) is 15.3 Å². The fourth-order valence-electron chi connectivity index (χ4n) is 2.48. The monoisotopic (exact) mass is 373 g/mol. The Bertz CT molecular complexity index is 893. The van der Waals surface area contributed by atoms with Crippen molar-refractivity contribution in [3.63, 3.8) is 0 Å². The van der Waals surface area contributed by atoms with Gasteiger partial charge in [0.2, 0.25) is 5.88 Å². The Balaban J connectivity index is 1.77. The van der Waals surface area contributed by atoms with Gasteiger partial charge in [0.1, 0.15) is 17.0 Å². The van der Waals surface area contributed by atoms with Crippen LogP contribution in [0.25, 0.3) is 21.3 Å². The fraction of sp³-hybridized carbons (Fsp3) is 0.316. The second kappa shape index (κ2) is 8.23. The van der Waals surface area contributed by atoms with E-state index in [0.717, 1.165) is 27.8 Å². The zero-order valence-electron chi connectivity index (χ0n) is 14.7. The molecule has 0 fully saturated rings. The number of halogens is 1. The lowest BCUT2D eigenvalue weighted by atomic mass is 10.1. The first-order valence-electron chi connectivity index (χ1n) is 8.42. The molecule has 0 bridgehead atoms. The molecule has 1 amide bonds. The van der Waals surface area contributed by atoms with Crippen molar-refractivity contribution in [2.75, 3.05) is 13.2 Å². The number of ether oxygens (including phenoxy) is 1. The molecule has 0 aliphatic carbocycles. The number of amides is 1. The smallest absolute Gasteiger partial charge is 0.258 e. The largest absolute Gasteiger partial charge is 0.467 e. The van der Waals surface area contributed by atoms with Crippen LogP contribution < -0.4 is 10.1 Å². The Hall–Kier alpha value is -2.54. The van der Waals surface area contributed by atoms with Crippen LogP contribution in [0.15, 0.2) is 36.0 Å². The van der Waals surface area contributed by atoms with Crippen LogP contribution in [0, 0.1) is 11.7 Å². The first-order chi connectivity index (χ1) is 12.5. The van der Waals surface area contributed by atoms with Crippen LogP contribution in [0.2, 0.25) is 0 Å². The van der Waals surface area contributed by atoms with Crippen molar-refractivity contribution in [1.29, 1.82) is 0 Å². The third-order valence-corrected chi connectivity index (χ3v) is 4.76. The van der Waals surface area contributed by atoms with Gasteiger partial charge in [-0.05, 0) is 30.0 Å². The fourth-order valence-corrected chi connectivity index (χ4v) is 3.39. The maximum absolute atomic E-state index is 13.2. The lowest BCUT2D eigenvalue weighted by Crippen LogP contribution is -2.30. The van der Waals surface area contributed by atoms with Gasteiger partial charge in [0.25, 0.3) is 5.91 Å². The van der Waals surface area contributed by atoms with Gasteiger partial charge in [-0.1, -0.05) is 26.0 Å². The Morgan fingerprint density at radius 1 is 1.27 bits per heavy atom. The highest BCUT2D eigenvalue weighted by Crippen LogP contribution is 2.37. The number of fused-ring (bicyclic) bond motifs is 1. The van der Waals surface area contributed by atoms with Gasteiger partial charge in [0, 0.05) is 17.5 Å². The zero-order valence-corrected chi connectivity index (χ0v) is 15.5. The molecule has 3 aromatic rings. The zero-order chi connectivity index (χ0) is 18.5. The topological polar surface area (TPSA) is 64.1 Å². The first kappa shape index (κ1) is 18.3. The highest BCUT2D eigenvalue weighted by Gasteiger charge is 2.15. The number of carbonyl (C=O) groups is 1. The highest BCUT2D eigenvalue weighted by molar-refractivity contribution is 7.17. The number of nitrogens with one attached hydrogen (secondary N) is 1. The van der Waals surface area contributed by atoms with Crippen molar-refractivity contribution >= 4 is 27.5 Å². The van der Waals surface area contributed by atoms with Gasteiger partial charge in [-0.3, -0.25) is 4.79 Å². The molecule has 3 rings (SSSR count). The van der Waals surface area contributed by atoms with E-state index < -0.39 is 0 Å². The van der Waals surface area contributed by atoms with Gasteiger partial charge >= 0.3 is 0 Å². The predicted molar refractivity (Wildman–Crippen MR) is 101 cm³/mol. The molecule has 7 heteroatoms. The Morgan fingerprint density at radius 2 is 2.04 bits per heavy atom. The van der Waals surface area contributed by atoms with Gasteiger partial charge in [-0.25, -0.2) is 14.4 Å². The molecule has 0 radical (unpaired) electrons. The van der Waals surface area contributed by atoms with E-state index in [9.17, 15) is 9.18 Å². The highest BCUT2D eigenvalue weighted by atomic mass is 32.1. The third-order valence-electron chi connectivity index (χ3n) is 3.87. The third kappa shape index (κ3) is 4.35. The van der Waals surface area contributed by atoms with Crippen molar-refractivity contribution in [2.45, 2.75) is 20.3 Å². The van der Waals surface area contributed by atoms with Gasteiger partial charge in [-0.2, -0.15) is 0 Å². The van der Waals surface area contributed by atoms with Crippen molar-refractivity contribution in [3.8, 4) is 17.0 Å².